The Labute approximate surface area is 101 Å². The molecule has 4 nitrogen and oxygen atoms in total. The van der Waals surface area contributed by atoms with Crippen LogP contribution in [0.5, 0.6) is 5.75 Å². The summed E-state index contributed by atoms with van der Waals surface area (Å²) in [5.74, 6) is 0.941. The van der Waals surface area contributed by atoms with E-state index in [2.05, 4.69) is 29.1 Å². The highest BCUT2D eigenvalue weighted by molar-refractivity contribution is 5.26. The molecule has 0 unspecified atom stereocenters. The molecule has 0 spiro atoms. The number of unbranched alkanes of at least 4 members (excludes halogenated alkanes) is 1. The molecule has 0 N–H and O–H groups in total. The first-order valence-electron chi connectivity index (χ1n) is 5.86. The number of rotatable bonds is 6. The monoisotopic (exact) mass is 231 g/mol. The van der Waals surface area contributed by atoms with Gasteiger partial charge in [0.15, 0.2) is 0 Å². The van der Waals surface area contributed by atoms with Crippen LogP contribution in [0.2, 0.25) is 0 Å². The fourth-order valence-corrected chi connectivity index (χ4v) is 1.55. The van der Waals surface area contributed by atoms with Crippen LogP contribution in [0.25, 0.3) is 0 Å². The summed E-state index contributed by atoms with van der Waals surface area (Å²) in [6.45, 7) is 3.72. The second-order valence-corrected chi connectivity index (χ2v) is 4.03. The lowest BCUT2D eigenvalue weighted by molar-refractivity contribution is 0.302. The average molecular weight is 231 g/mol. The Morgan fingerprint density at radius 3 is 2.71 bits per heavy atom. The van der Waals surface area contributed by atoms with Crippen molar-refractivity contribution < 1.29 is 4.74 Å². The van der Waals surface area contributed by atoms with Gasteiger partial charge in [-0.15, -0.1) is 0 Å². The van der Waals surface area contributed by atoms with Gasteiger partial charge in [0.1, 0.15) is 18.4 Å². The smallest absolute Gasteiger partial charge is 0.137 e. The molecular formula is C13H17N3O. The Balaban J connectivity index is 1.61. The first-order chi connectivity index (χ1) is 8.34. The van der Waals surface area contributed by atoms with Gasteiger partial charge in [-0.25, -0.2) is 4.98 Å². The lowest BCUT2D eigenvalue weighted by atomic mass is 10.2. The summed E-state index contributed by atoms with van der Waals surface area (Å²) in [5, 5.41) is 4.05. The zero-order chi connectivity index (χ0) is 11.9. The van der Waals surface area contributed by atoms with E-state index in [1.54, 1.807) is 12.7 Å². The van der Waals surface area contributed by atoms with Crippen LogP contribution in [0, 0.1) is 6.92 Å². The van der Waals surface area contributed by atoms with E-state index in [1.807, 2.05) is 16.8 Å². The van der Waals surface area contributed by atoms with Gasteiger partial charge in [-0.05, 0) is 31.9 Å². The number of hydrogen-bond donors (Lipinski definition) is 0. The zero-order valence-corrected chi connectivity index (χ0v) is 10.0. The second kappa shape index (κ2) is 6.03. The van der Waals surface area contributed by atoms with Crippen molar-refractivity contribution in [1.29, 1.82) is 0 Å². The largest absolute Gasteiger partial charge is 0.494 e. The van der Waals surface area contributed by atoms with E-state index in [0.717, 1.165) is 31.7 Å². The fourth-order valence-electron chi connectivity index (χ4n) is 1.55. The predicted octanol–water partition coefficient (Wildman–Crippen LogP) is 2.45. The Morgan fingerprint density at radius 2 is 2.00 bits per heavy atom. The Bertz CT molecular complexity index is 422. The van der Waals surface area contributed by atoms with Crippen LogP contribution in [0.15, 0.2) is 36.9 Å². The third kappa shape index (κ3) is 3.90. The summed E-state index contributed by atoms with van der Waals surface area (Å²) < 4.78 is 7.47. The highest BCUT2D eigenvalue weighted by Gasteiger charge is 1.95. The van der Waals surface area contributed by atoms with Crippen LogP contribution >= 0.6 is 0 Å². The molecule has 4 heteroatoms. The molecule has 0 saturated heterocycles. The summed E-state index contributed by atoms with van der Waals surface area (Å²) in [6, 6.07) is 8.13. The molecule has 0 amide bonds. The van der Waals surface area contributed by atoms with Gasteiger partial charge in [-0.3, -0.25) is 4.68 Å². The number of nitrogens with zero attached hydrogens (tertiary/aromatic N) is 3. The van der Waals surface area contributed by atoms with Gasteiger partial charge >= 0.3 is 0 Å². The van der Waals surface area contributed by atoms with Crippen molar-refractivity contribution in [3.8, 4) is 5.75 Å². The first kappa shape index (κ1) is 11.6. The number of aryl methyl sites for hydroxylation is 2. The van der Waals surface area contributed by atoms with E-state index in [-0.39, 0.29) is 0 Å². The molecule has 0 radical (unpaired) electrons. The molecule has 1 aromatic heterocycles. The zero-order valence-electron chi connectivity index (χ0n) is 10.0. The lowest BCUT2D eigenvalue weighted by Gasteiger charge is -2.06. The van der Waals surface area contributed by atoms with Gasteiger partial charge in [-0.2, -0.15) is 5.10 Å². The maximum absolute atomic E-state index is 5.64. The van der Waals surface area contributed by atoms with Crippen molar-refractivity contribution in [3.63, 3.8) is 0 Å². The fraction of sp³-hybridized carbons (Fsp3) is 0.385. The number of ether oxygens (including phenoxy) is 1. The highest BCUT2D eigenvalue weighted by atomic mass is 16.5. The Kier molecular flexibility index (Phi) is 4.13. The molecular weight excluding hydrogens is 214 g/mol. The third-order valence-corrected chi connectivity index (χ3v) is 2.54. The minimum absolute atomic E-state index is 0.748. The molecule has 0 atom stereocenters. The molecule has 0 saturated carbocycles. The molecule has 2 rings (SSSR count). The maximum Gasteiger partial charge on any atom is 0.137 e. The SMILES string of the molecule is Cc1ccc(OCCCCn2cncn2)cc1. The summed E-state index contributed by atoms with van der Waals surface area (Å²) >= 11 is 0. The molecule has 0 aliphatic rings. The summed E-state index contributed by atoms with van der Waals surface area (Å²) in [7, 11) is 0. The van der Waals surface area contributed by atoms with E-state index < -0.39 is 0 Å². The lowest BCUT2D eigenvalue weighted by Crippen LogP contribution is -2.02. The Hall–Kier alpha value is -1.84. The van der Waals surface area contributed by atoms with Crippen molar-refractivity contribution in [2.24, 2.45) is 0 Å². The minimum atomic E-state index is 0.748. The van der Waals surface area contributed by atoms with Crippen molar-refractivity contribution in [2.75, 3.05) is 6.61 Å². The van der Waals surface area contributed by atoms with Gasteiger partial charge in [-0.1, -0.05) is 17.7 Å². The molecule has 17 heavy (non-hydrogen) atoms. The molecule has 0 aliphatic heterocycles. The normalized spacial score (nSPS) is 10.4. The third-order valence-electron chi connectivity index (χ3n) is 2.54. The van der Waals surface area contributed by atoms with Gasteiger partial charge in [0, 0.05) is 6.54 Å². The van der Waals surface area contributed by atoms with Crippen LogP contribution in [0.1, 0.15) is 18.4 Å². The molecule has 0 fully saturated rings. The van der Waals surface area contributed by atoms with Gasteiger partial charge in [0.25, 0.3) is 0 Å². The molecule has 0 aliphatic carbocycles. The quantitative estimate of drug-likeness (QED) is 0.717. The van der Waals surface area contributed by atoms with Crippen molar-refractivity contribution in [3.05, 3.63) is 42.5 Å². The number of hydrogen-bond acceptors (Lipinski definition) is 3. The van der Waals surface area contributed by atoms with Gasteiger partial charge < -0.3 is 4.74 Å². The van der Waals surface area contributed by atoms with E-state index in [0.29, 0.717) is 0 Å². The summed E-state index contributed by atoms with van der Waals surface area (Å²) in [5.41, 5.74) is 1.25. The van der Waals surface area contributed by atoms with Crippen molar-refractivity contribution in [2.45, 2.75) is 26.3 Å². The van der Waals surface area contributed by atoms with Crippen LogP contribution < -0.4 is 4.74 Å². The van der Waals surface area contributed by atoms with E-state index in [9.17, 15) is 0 Å². The first-order valence-corrected chi connectivity index (χ1v) is 5.86. The van der Waals surface area contributed by atoms with E-state index >= 15 is 0 Å². The maximum atomic E-state index is 5.64. The average Bonchev–Trinajstić information content (AvgIpc) is 2.84. The predicted molar refractivity (Wildman–Crippen MR) is 65.9 cm³/mol. The highest BCUT2D eigenvalue weighted by Crippen LogP contribution is 2.11. The molecule has 1 aromatic carbocycles. The second-order valence-electron chi connectivity index (χ2n) is 4.03. The Morgan fingerprint density at radius 1 is 1.18 bits per heavy atom. The van der Waals surface area contributed by atoms with Crippen molar-refractivity contribution in [1.82, 2.24) is 14.8 Å². The molecule has 90 valence electrons. The summed E-state index contributed by atoms with van der Waals surface area (Å²) in [4.78, 5) is 3.90. The van der Waals surface area contributed by atoms with Crippen LogP contribution in [0.3, 0.4) is 0 Å². The van der Waals surface area contributed by atoms with Crippen molar-refractivity contribution >= 4 is 0 Å². The van der Waals surface area contributed by atoms with Gasteiger partial charge in [0.05, 0.1) is 6.61 Å². The van der Waals surface area contributed by atoms with Crippen LogP contribution in [-0.4, -0.2) is 21.4 Å². The minimum Gasteiger partial charge on any atom is -0.494 e. The number of aromatic nitrogens is 3. The van der Waals surface area contributed by atoms with E-state index in [4.69, 9.17) is 4.74 Å². The standard InChI is InChI=1S/C13H17N3O/c1-12-4-6-13(7-5-12)17-9-3-2-8-16-11-14-10-15-16/h4-7,10-11H,2-3,8-9H2,1H3. The van der Waals surface area contributed by atoms with E-state index in [1.165, 1.54) is 5.56 Å². The van der Waals surface area contributed by atoms with Crippen LogP contribution in [-0.2, 0) is 6.54 Å². The molecule has 2 aromatic rings. The van der Waals surface area contributed by atoms with Gasteiger partial charge in [0.2, 0.25) is 0 Å². The summed E-state index contributed by atoms with van der Waals surface area (Å²) in [6.07, 6.45) is 5.37. The van der Waals surface area contributed by atoms with Crippen LogP contribution in [0.4, 0.5) is 0 Å². The number of benzene rings is 1. The molecule has 0 bridgehead atoms. The topological polar surface area (TPSA) is 39.9 Å². The molecule has 1 heterocycles.